The van der Waals surface area contributed by atoms with E-state index in [0.29, 0.717) is 0 Å². The van der Waals surface area contributed by atoms with Crippen LogP contribution in [0.2, 0.25) is 5.02 Å². The van der Waals surface area contributed by atoms with Crippen molar-refractivity contribution in [2.24, 2.45) is 0 Å². The molecule has 0 amide bonds. The summed E-state index contributed by atoms with van der Waals surface area (Å²) < 4.78 is 1.15. The second kappa shape index (κ2) is 8.15. The normalized spacial score (nSPS) is 16.0. The Bertz CT molecular complexity index is 942. The molecule has 3 aromatic rings. The molecule has 0 radical (unpaired) electrons. The number of hydrogen-bond acceptors (Lipinski definition) is 5. The Morgan fingerprint density at radius 3 is 2.85 bits per heavy atom. The van der Waals surface area contributed by atoms with Crippen molar-refractivity contribution in [2.75, 3.05) is 31.1 Å². The molecule has 0 saturated carbocycles. The predicted octanol–water partition coefficient (Wildman–Crippen LogP) is 4.46. The highest BCUT2D eigenvalue weighted by atomic mass is 35.5. The van der Waals surface area contributed by atoms with Crippen LogP contribution in [0.5, 0.6) is 0 Å². The topological polar surface area (TPSA) is 39.6 Å². The van der Waals surface area contributed by atoms with E-state index in [9.17, 15) is 5.11 Å². The molecule has 0 unspecified atom stereocenters. The smallest absolute Gasteiger partial charge is 0.186 e. The Kier molecular flexibility index (Phi) is 5.64. The minimum atomic E-state index is 0.0999. The van der Waals surface area contributed by atoms with E-state index >= 15 is 0 Å². The Morgan fingerprint density at radius 2 is 2.00 bits per heavy atom. The van der Waals surface area contributed by atoms with Crippen LogP contribution in [-0.2, 0) is 13.2 Å². The van der Waals surface area contributed by atoms with Crippen LogP contribution >= 0.6 is 22.9 Å². The fourth-order valence-corrected chi connectivity index (χ4v) is 4.87. The van der Waals surface area contributed by atoms with Gasteiger partial charge in [-0.1, -0.05) is 41.1 Å². The number of rotatable bonds is 4. The van der Waals surface area contributed by atoms with E-state index in [2.05, 4.69) is 28.9 Å². The number of aliphatic hydroxyl groups is 1. The van der Waals surface area contributed by atoms with Crippen molar-refractivity contribution in [3.8, 4) is 0 Å². The Hall–Kier alpha value is -1.66. The van der Waals surface area contributed by atoms with Crippen LogP contribution in [0.3, 0.4) is 0 Å². The number of fused-ring (bicyclic) bond motifs is 1. The maximum absolute atomic E-state index is 9.41. The summed E-state index contributed by atoms with van der Waals surface area (Å²) in [5.41, 5.74) is 4.61. The lowest BCUT2D eigenvalue weighted by Crippen LogP contribution is -2.30. The molecule has 1 aliphatic heterocycles. The van der Waals surface area contributed by atoms with Gasteiger partial charge in [0.15, 0.2) is 5.13 Å². The van der Waals surface area contributed by atoms with Gasteiger partial charge in [0.1, 0.15) is 0 Å². The van der Waals surface area contributed by atoms with E-state index < -0.39 is 0 Å². The lowest BCUT2D eigenvalue weighted by atomic mass is 10.0. The maximum atomic E-state index is 9.41. The zero-order valence-corrected chi connectivity index (χ0v) is 17.1. The first-order valence-electron chi connectivity index (χ1n) is 9.35. The molecule has 1 N–H and O–H groups in total. The van der Waals surface area contributed by atoms with Crippen LogP contribution in [-0.4, -0.2) is 41.2 Å². The second-order valence-electron chi connectivity index (χ2n) is 7.14. The van der Waals surface area contributed by atoms with Gasteiger partial charge in [-0.05, 0) is 48.2 Å². The zero-order chi connectivity index (χ0) is 18.8. The summed E-state index contributed by atoms with van der Waals surface area (Å²) in [6.07, 6.45) is 1.12. The van der Waals surface area contributed by atoms with Gasteiger partial charge in [-0.25, -0.2) is 4.98 Å². The largest absolute Gasteiger partial charge is 0.392 e. The van der Waals surface area contributed by atoms with E-state index in [4.69, 9.17) is 16.6 Å². The SMILES string of the molecule is Cc1ccc(CO)cc1CN1CCCN(c2nc3ccc(Cl)cc3s2)CC1. The first kappa shape index (κ1) is 18.7. The fraction of sp³-hybridized carbons (Fsp3) is 0.381. The van der Waals surface area contributed by atoms with Crippen LogP contribution in [0.1, 0.15) is 23.1 Å². The van der Waals surface area contributed by atoms with Crippen molar-refractivity contribution in [1.82, 2.24) is 9.88 Å². The van der Waals surface area contributed by atoms with Gasteiger partial charge in [0.25, 0.3) is 0 Å². The maximum Gasteiger partial charge on any atom is 0.186 e. The molecule has 1 saturated heterocycles. The average Bonchev–Trinajstić information content (AvgIpc) is 2.94. The van der Waals surface area contributed by atoms with Gasteiger partial charge < -0.3 is 10.0 Å². The molecule has 0 aliphatic carbocycles. The minimum Gasteiger partial charge on any atom is -0.392 e. The number of hydrogen-bond donors (Lipinski definition) is 1. The highest BCUT2D eigenvalue weighted by Crippen LogP contribution is 2.31. The summed E-state index contributed by atoms with van der Waals surface area (Å²) in [6.45, 7) is 7.28. The number of anilines is 1. The van der Waals surface area contributed by atoms with E-state index in [1.165, 1.54) is 11.1 Å². The van der Waals surface area contributed by atoms with Crippen molar-refractivity contribution in [2.45, 2.75) is 26.5 Å². The number of aliphatic hydroxyl groups excluding tert-OH is 1. The molecular formula is C21H24ClN3OS. The van der Waals surface area contributed by atoms with E-state index in [-0.39, 0.29) is 6.61 Å². The summed E-state index contributed by atoms with van der Waals surface area (Å²) in [7, 11) is 0. The summed E-state index contributed by atoms with van der Waals surface area (Å²) in [5, 5.41) is 11.3. The van der Waals surface area contributed by atoms with Gasteiger partial charge in [0.05, 0.1) is 16.8 Å². The Balaban J connectivity index is 1.45. The first-order chi connectivity index (χ1) is 13.1. The van der Waals surface area contributed by atoms with E-state index in [1.807, 2.05) is 24.3 Å². The summed E-state index contributed by atoms with van der Waals surface area (Å²) in [4.78, 5) is 9.71. The molecular weight excluding hydrogens is 378 g/mol. The van der Waals surface area contributed by atoms with Crippen LogP contribution < -0.4 is 4.90 Å². The zero-order valence-electron chi connectivity index (χ0n) is 15.5. The molecule has 0 atom stereocenters. The third-order valence-corrected chi connectivity index (χ3v) is 6.50. The third-order valence-electron chi connectivity index (χ3n) is 5.19. The molecule has 27 heavy (non-hydrogen) atoms. The van der Waals surface area contributed by atoms with Gasteiger partial charge in [-0.15, -0.1) is 0 Å². The molecule has 4 nitrogen and oxygen atoms in total. The van der Waals surface area contributed by atoms with E-state index in [0.717, 1.165) is 65.1 Å². The molecule has 142 valence electrons. The Labute approximate surface area is 169 Å². The molecule has 6 heteroatoms. The number of halogens is 1. The third kappa shape index (κ3) is 4.27. The summed E-state index contributed by atoms with van der Waals surface area (Å²) in [6, 6.07) is 12.1. The van der Waals surface area contributed by atoms with Crippen molar-refractivity contribution < 1.29 is 5.11 Å². The number of aromatic nitrogens is 1. The molecule has 2 aromatic carbocycles. The molecule has 2 heterocycles. The monoisotopic (exact) mass is 401 g/mol. The lowest BCUT2D eigenvalue weighted by Gasteiger charge is -2.22. The van der Waals surface area contributed by atoms with Crippen LogP contribution in [0.15, 0.2) is 36.4 Å². The molecule has 4 rings (SSSR count). The minimum absolute atomic E-state index is 0.0999. The number of thiazole rings is 1. The highest BCUT2D eigenvalue weighted by Gasteiger charge is 2.18. The molecule has 1 aromatic heterocycles. The number of benzene rings is 2. The molecule has 0 spiro atoms. The van der Waals surface area contributed by atoms with Gasteiger partial charge in [-0.3, -0.25) is 4.90 Å². The number of aryl methyl sites for hydroxylation is 1. The van der Waals surface area contributed by atoms with Crippen molar-refractivity contribution in [3.05, 3.63) is 58.1 Å². The summed E-state index contributed by atoms with van der Waals surface area (Å²) in [5.74, 6) is 0. The molecule has 0 bridgehead atoms. The molecule has 1 aliphatic rings. The average molecular weight is 402 g/mol. The first-order valence-corrected chi connectivity index (χ1v) is 10.5. The van der Waals surface area contributed by atoms with E-state index in [1.54, 1.807) is 11.3 Å². The Morgan fingerprint density at radius 1 is 1.11 bits per heavy atom. The standard InChI is InChI=1S/C21H24ClN3OS/c1-15-3-4-16(14-26)11-17(15)13-24-7-2-8-25(10-9-24)21-23-19-6-5-18(22)12-20(19)27-21/h3-6,11-12,26H,2,7-10,13-14H2,1H3. The van der Waals surface area contributed by atoms with Crippen molar-refractivity contribution in [1.29, 1.82) is 0 Å². The second-order valence-corrected chi connectivity index (χ2v) is 8.59. The highest BCUT2D eigenvalue weighted by molar-refractivity contribution is 7.22. The van der Waals surface area contributed by atoms with Gasteiger partial charge >= 0.3 is 0 Å². The van der Waals surface area contributed by atoms with Gasteiger partial charge in [0.2, 0.25) is 0 Å². The van der Waals surface area contributed by atoms with Gasteiger partial charge in [0, 0.05) is 37.7 Å². The van der Waals surface area contributed by atoms with Crippen LogP contribution in [0.25, 0.3) is 10.2 Å². The predicted molar refractivity (Wildman–Crippen MR) is 114 cm³/mol. The lowest BCUT2D eigenvalue weighted by molar-refractivity contribution is 0.277. The molecule has 1 fully saturated rings. The quantitative estimate of drug-likeness (QED) is 0.700. The van der Waals surface area contributed by atoms with Crippen molar-refractivity contribution in [3.63, 3.8) is 0 Å². The van der Waals surface area contributed by atoms with Gasteiger partial charge in [-0.2, -0.15) is 0 Å². The fourth-order valence-electron chi connectivity index (χ4n) is 3.58. The van der Waals surface area contributed by atoms with Crippen LogP contribution in [0, 0.1) is 6.92 Å². The number of nitrogens with zero attached hydrogens (tertiary/aromatic N) is 3. The van der Waals surface area contributed by atoms with Crippen LogP contribution in [0.4, 0.5) is 5.13 Å². The van der Waals surface area contributed by atoms with Crippen molar-refractivity contribution >= 4 is 38.3 Å². The summed E-state index contributed by atoms with van der Waals surface area (Å²) >= 11 is 7.84.